The fraction of sp³-hybridized carbons (Fsp3) is 0.304. The third-order valence-electron chi connectivity index (χ3n) is 4.84. The van der Waals surface area contributed by atoms with Crippen LogP contribution in [0.2, 0.25) is 0 Å². The van der Waals surface area contributed by atoms with E-state index in [0.717, 1.165) is 11.1 Å². The van der Waals surface area contributed by atoms with Crippen molar-refractivity contribution in [3.63, 3.8) is 0 Å². The molecule has 0 aliphatic carbocycles. The monoisotopic (exact) mass is 426 g/mol. The molecule has 6 nitrogen and oxygen atoms in total. The van der Waals surface area contributed by atoms with Crippen molar-refractivity contribution in [2.75, 3.05) is 19.5 Å². The highest BCUT2D eigenvalue weighted by Gasteiger charge is 2.21. The summed E-state index contributed by atoms with van der Waals surface area (Å²) in [5.41, 5.74) is 3.81. The number of aryl methyl sites for hydroxylation is 2. The van der Waals surface area contributed by atoms with Gasteiger partial charge in [0.05, 0.1) is 19.9 Å². The molecule has 0 saturated carbocycles. The van der Waals surface area contributed by atoms with Crippen molar-refractivity contribution in [2.24, 2.45) is 0 Å². The maximum absolute atomic E-state index is 12.8. The van der Waals surface area contributed by atoms with Gasteiger partial charge in [-0.15, -0.1) is 11.3 Å². The Morgan fingerprint density at radius 3 is 2.50 bits per heavy atom. The van der Waals surface area contributed by atoms with Gasteiger partial charge in [-0.3, -0.25) is 10.1 Å². The van der Waals surface area contributed by atoms with Gasteiger partial charge in [-0.1, -0.05) is 13.0 Å². The van der Waals surface area contributed by atoms with E-state index in [9.17, 15) is 4.79 Å². The lowest BCUT2D eigenvalue weighted by Crippen LogP contribution is -2.32. The number of hydrogen-bond donors (Lipinski definition) is 1. The van der Waals surface area contributed by atoms with Crippen molar-refractivity contribution >= 4 is 22.4 Å². The summed E-state index contributed by atoms with van der Waals surface area (Å²) in [5, 5.41) is 5.24. The Kier molecular flexibility index (Phi) is 6.95. The zero-order valence-electron chi connectivity index (χ0n) is 17.8. The molecular weight excluding hydrogens is 400 g/mol. The first kappa shape index (κ1) is 21.6. The number of benzene rings is 2. The van der Waals surface area contributed by atoms with E-state index < -0.39 is 6.10 Å². The molecule has 1 heterocycles. The molecule has 0 radical (unpaired) electrons. The molecule has 3 aromatic rings. The van der Waals surface area contributed by atoms with Gasteiger partial charge in [-0.05, 0) is 61.7 Å². The molecule has 0 aliphatic rings. The lowest BCUT2D eigenvalue weighted by molar-refractivity contribution is -0.122. The highest BCUT2D eigenvalue weighted by Crippen LogP contribution is 2.35. The molecule has 1 N–H and O–H groups in total. The van der Waals surface area contributed by atoms with Crippen LogP contribution in [0.25, 0.3) is 11.3 Å². The Labute approximate surface area is 180 Å². The van der Waals surface area contributed by atoms with Gasteiger partial charge in [0.2, 0.25) is 0 Å². The number of rotatable bonds is 8. The molecular formula is C23H26N2O4S. The Morgan fingerprint density at radius 2 is 1.83 bits per heavy atom. The van der Waals surface area contributed by atoms with Crippen molar-refractivity contribution in [2.45, 2.75) is 33.3 Å². The average Bonchev–Trinajstić information content (AvgIpc) is 3.22. The van der Waals surface area contributed by atoms with E-state index >= 15 is 0 Å². The zero-order chi connectivity index (χ0) is 21.7. The van der Waals surface area contributed by atoms with Crippen LogP contribution >= 0.6 is 11.3 Å². The summed E-state index contributed by atoms with van der Waals surface area (Å²) in [4.78, 5) is 17.3. The van der Waals surface area contributed by atoms with Crippen LogP contribution in [-0.2, 0) is 4.79 Å². The average molecular weight is 427 g/mol. The van der Waals surface area contributed by atoms with Gasteiger partial charge in [0, 0.05) is 10.9 Å². The lowest BCUT2D eigenvalue weighted by Gasteiger charge is -2.17. The molecule has 0 bridgehead atoms. The summed E-state index contributed by atoms with van der Waals surface area (Å²) in [7, 11) is 3.22. The van der Waals surface area contributed by atoms with Gasteiger partial charge < -0.3 is 14.2 Å². The number of anilines is 1. The fourth-order valence-electron chi connectivity index (χ4n) is 2.93. The molecule has 3 rings (SSSR count). The normalized spacial score (nSPS) is 11.6. The second-order valence-corrected chi connectivity index (χ2v) is 7.71. The molecule has 0 unspecified atom stereocenters. The molecule has 2 aromatic carbocycles. The number of carbonyl (C=O) groups is 1. The van der Waals surface area contributed by atoms with Crippen molar-refractivity contribution < 1.29 is 19.0 Å². The Hall–Kier alpha value is -3.06. The van der Waals surface area contributed by atoms with E-state index in [-0.39, 0.29) is 5.91 Å². The smallest absolute Gasteiger partial charge is 0.267 e. The van der Waals surface area contributed by atoms with E-state index in [1.54, 1.807) is 14.2 Å². The lowest BCUT2D eigenvalue weighted by atomic mass is 10.1. The summed E-state index contributed by atoms with van der Waals surface area (Å²) in [6.45, 7) is 5.98. The summed E-state index contributed by atoms with van der Waals surface area (Å²) in [5.74, 6) is 1.84. The van der Waals surface area contributed by atoms with Crippen LogP contribution < -0.4 is 19.5 Å². The highest BCUT2D eigenvalue weighted by atomic mass is 32.1. The van der Waals surface area contributed by atoms with E-state index in [1.165, 1.54) is 16.9 Å². The molecule has 0 fully saturated rings. The zero-order valence-corrected chi connectivity index (χ0v) is 18.6. The van der Waals surface area contributed by atoms with Crippen LogP contribution in [0.3, 0.4) is 0 Å². The van der Waals surface area contributed by atoms with Gasteiger partial charge in [0.15, 0.2) is 11.2 Å². The molecule has 1 atom stereocenters. The fourth-order valence-corrected chi connectivity index (χ4v) is 3.64. The topological polar surface area (TPSA) is 69.7 Å². The van der Waals surface area contributed by atoms with Crippen LogP contribution in [0.5, 0.6) is 17.2 Å². The first-order valence-corrected chi connectivity index (χ1v) is 10.6. The second kappa shape index (κ2) is 9.63. The largest absolute Gasteiger partial charge is 0.497 e. The van der Waals surface area contributed by atoms with Crippen molar-refractivity contribution in [3.05, 3.63) is 52.9 Å². The highest BCUT2D eigenvalue weighted by molar-refractivity contribution is 7.14. The number of nitrogens with zero attached hydrogens (tertiary/aromatic N) is 1. The maximum atomic E-state index is 12.8. The molecule has 7 heteroatoms. The molecule has 0 saturated heterocycles. The minimum Gasteiger partial charge on any atom is -0.497 e. The molecule has 30 heavy (non-hydrogen) atoms. The van der Waals surface area contributed by atoms with Crippen LogP contribution in [0.15, 0.2) is 41.8 Å². The second-order valence-electron chi connectivity index (χ2n) is 6.85. The van der Waals surface area contributed by atoms with Crippen LogP contribution in [0.1, 0.15) is 24.5 Å². The van der Waals surface area contributed by atoms with E-state index in [4.69, 9.17) is 14.2 Å². The minimum atomic E-state index is -0.606. The van der Waals surface area contributed by atoms with Gasteiger partial charge in [-0.25, -0.2) is 4.98 Å². The summed E-state index contributed by atoms with van der Waals surface area (Å²) < 4.78 is 16.7. The van der Waals surface area contributed by atoms with Gasteiger partial charge in [-0.2, -0.15) is 0 Å². The van der Waals surface area contributed by atoms with Gasteiger partial charge in [0.25, 0.3) is 5.91 Å². The number of ether oxygens (including phenoxy) is 3. The number of carbonyl (C=O) groups excluding carboxylic acids is 1. The minimum absolute atomic E-state index is 0.228. The van der Waals surface area contributed by atoms with E-state index in [2.05, 4.69) is 10.3 Å². The molecule has 158 valence electrons. The molecule has 1 aromatic heterocycles. The number of thiazole rings is 1. The number of amides is 1. The third kappa shape index (κ3) is 4.91. The van der Waals surface area contributed by atoms with Crippen LogP contribution in [0.4, 0.5) is 5.13 Å². The predicted octanol–water partition coefficient (Wildman–Crippen LogP) is 5.24. The standard InChI is InChI=1S/C23H26N2O4S/c1-6-20(29-17-8-7-14(2)15(3)11-17)22(26)25-23-24-19(13-30-23)18-12-16(27-4)9-10-21(18)28-5/h7-13,20H,6H2,1-5H3,(H,24,25,26)/t20-/m0/s1. The molecule has 0 aliphatic heterocycles. The maximum Gasteiger partial charge on any atom is 0.267 e. The number of hydrogen-bond acceptors (Lipinski definition) is 6. The van der Waals surface area contributed by atoms with E-state index in [0.29, 0.717) is 34.5 Å². The Bertz CT molecular complexity index is 1030. The number of nitrogens with one attached hydrogen (secondary N) is 1. The van der Waals surface area contributed by atoms with Crippen LogP contribution in [-0.4, -0.2) is 31.2 Å². The molecule has 1 amide bonds. The number of methoxy groups -OCH3 is 2. The summed E-state index contributed by atoms with van der Waals surface area (Å²) in [6, 6.07) is 11.3. The number of aromatic nitrogens is 1. The van der Waals surface area contributed by atoms with Crippen molar-refractivity contribution in [3.8, 4) is 28.5 Å². The quantitative estimate of drug-likeness (QED) is 0.533. The van der Waals surface area contributed by atoms with Crippen LogP contribution in [0, 0.1) is 13.8 Å². The van der Waals surface area contributed by atoms with E-state index in [1.807, 2.05) is 62.5 Å². The first-order valence-electron chi connectivity index (χ1n) is 9.67. The van der Waals surface area contributed by atoms with Crippen molar-refractivity contribution in [1.29, 1.82) is 0 Å². The third-order valence-corrected chi connectivity index (χ3v) is 5.59. The molecule has 0 spiro atoms. The SMILES string of the molecule is CC[C@H](Oc1ccc(C)c(C)c1)C(=O)Nc1nc(-c2cc(OC)ccc2OC)cs1. The Morgan fingerprint density at radius 1 is 1.07 bits per heavy atom. The predicted molar refractivity (Wildman–Crippen MR) is 120 cm³/mol. The van der Waals surface area contributed by atoms with Gasteiger partial charge >= 0.3 is 0 Å². The Balaban J connectivity index is 1.74. The first-order chi connectivity index (χ1) is 14.4. The summed E-state index contributed by atoms with van der Waals surface area (Å²) >= 11 is 1.35. The summed E-state index contributed by atoms with van der Waals surface area (Å²) in [6.07, 6.45) is -0.0634. The van der Waals surface area contributed by atoms with Gasteiger partial charge in [0.1, 0.15) is 17.2 Å². The van der Waals surface area contributed by atoms with Crippen molar-refractivity contribution in [1.82, 2.24) is 4.98 Å².